The number of imidazole rings is 1. The lowest BCUT2D eigenvalue weighted by Gasteiger charge is -2.25. The summed E-state index contributed by atoms with van der Waals surface area (Å²) in [6.45, 7) is 7.28. The van der Waals surface area contributed by atoms with Gasteiger partial charge >= 0.3 is 0 Å². The lowest BCUT2D eigenvalue weighted by molar-refractivity contribution is 0.411. The van der Waals surface area contributed by atoms with E-state index < -0.39 is 0 Å². The van der Waals surface area contributed by atoms with Crippen molar-refractivity contribution >= 4 is 0 Å². The van der Waals surface area contributed by atoms with E-state index in [1.807, 2.05) is 0 Å². The number of rotatable bonds is 2. The summed E-state index contributed by atoms with van der Waals surface area (Å²) in [6, 6.07) is 0.596. The molecule has 1 aliphatic rings. The van der Waals surface area contributed by atoms with Crippen molar-refractivity contribution in [3.8, 4) is 0 Å². The molecule has 0 spiro atoms. The van der Waals surface area contributed by atoms with E-state index >= 15 is 0 Å². The van der Waals surface area contributed by atoms with Gasteiger partial charge in [-0.2, -0.15) is 0 Å². The molecule has 3 nitrogen and oxygen atoms in total. The van der Waals surface area contributed by atoms with E-state index in [2.05, 4.69) is 25.3 Å². The predicted octanol–water partition coefficient (Wildman–Crippen LogP) is 2.36. The van der Waals surface area contributed by atoms with Crippen LogP contribution in [0.2, 0.25) is 0 Å². The second-order valence-electron chi connectivity index (χ2n) is 4.83. The summed E-state index contributed by atoms with van der Waals surface area (Å²) in [5.41, 5.74) is 8.26. The predicted molar refractivity (Wildman–Crippen MR) is 61.9 cm³/mol. The standard InChI is InChI=1S/C12H21N3/c1-8(2)12-14-10(7-13)11-6-4-5-9(3)15(11)12/h8-9H,4-7,13H2,1-3H3. The first-order valence-electron chi connectivity index (χ1n) is 5.95. The maximum Gasteiger partial charge on any atom is 0.112 e. The van der Waals surface area contributed by atoms with Crippen LogP contribution in [0.1, 0.15) is 62.8 Å². The normalized spacial score (nSPS) is 20.7. The van der Waals surface area contributed by atoms with Gasteiger partial charge in [-0.05, 0) is 26.2 Å². The molecule has 1 aliphatic heterocycles. The zero-order valence-corrected chi connectivity index (χ0v) is 9.95. The van der Waals surface area contributed by atoms with Crippen molar-refractivity contribution in [2.45, 2.75) is 58.5 Å². The number of fused-ring (bicyclic) bond motifs is 1. The quantitative estimate of drug-likeness (QED) is 0.809. The van der Waals surface area contributed by atoms with Gasteiger partial charge in [-0.15, -0.1) is 0 Å². The van der Waals surface area contributed by atoms with E-state index in [-0.39, 0.29) is 0 Å². The molecule has 0 saturated heterocycles. The minimum absolute atomic E-state index is 0.490. The zero-order chi connectivity index (χ0) is 11.0. The van der Waals surface area contributed by atoms with Gasteiger partial charge in [-0.3, -0.25) is 0 Å². The molecule has 0 bridgehead atoms. The number of nitrogens with two attached hydrogens (primary N) is 1. The van der Waals surface area contributed by atoms with Crippen LogP contribution in [-0.4, -0.2) is 9.55 Å². The van der Waals surface area contributed by atoms with Crippen molar-refractivity contribution in [2.24, 2.45) is 5.73 Å². The minimum atomic E-state index is 0.490. The average Bonchev–Trinajstić information content (AvgIpc) is 2.58. The largest absolute Gasteiger partial charge is 0.329 e. The third-order valence-corrected chi connectivity index (χ3v) is 3.31. The molecule has 2 heterocycles. The molecule has 84 valence electrons. The number of hydrogen-bond donors (Lipinski definition) is 1. The Morgan fingerprint density at radius 3 is 2.87 bits per heavy atom. The van der Waals surface area contributed by atoms with E-state index in [1.54, 1.807) is 0 Å². The van der Waals surface area contributed by atoms with Crippen LogP contribution in [-0.2, 0) is 13.0 Å². The first-order chi connectivity index (χ1) is 7.15. The van der Waals surface area contributed by atoms with E-state index in [0.29, 0.717) is 18.5 Å². The Labute approximate surface area is 91.7 Å². The van der Waals surface area contributed by atoms with Crippen LogP contribution in [0.3, 0.4) is 0 Å². The van der Waals surface area contributed by atoms with Gasteiger partial charge < -0.3 is 10.3 Å². The molecule has 1 aromatic rings. The molecule has 15 heavy (non-hydrogen) atoms. The van der Waals surface area contributed by atoms with E-state index in [9.17, 15) is 0 Å². The molecule has 0 amide bonds. The van der Waals surface area contributed by atoms with Crippen molar-refractivity contribution in [3.05, 3.63) is 17.2 Å². The second-order valence-corrected chi connectivity index (χ2v) is 4.83. The Morgan fingerprint density at radius 2 is 2.27 bits per heavy atom. The van der Waals surface area contributed by atoms with Crippen LogP contribution < -0.4 is 5.73 Å². The Morgan fingerprint density at radius 1 is 1.53 bits per heavy atom. The third kappa shape index (κ3) is 1.69. The van der Waals surface area contributed by atoms with Crippen LogP contribution in [0.4, 0.5) is 0 Å². The summed E-state index contributed by atoms with van der Waals surface area (Å²) in [5.74, 6) is 1.71. The van der Waals surface area contributed by atoms with Crippen LogP contribution in [0, 0.1) is 0 Å². The Kier molecular flexibility index (Phi) is 2.83. The van der Waals surface area contributed by atoms with Crippen molar-refractivity contribution in [3.63, 3.8) is 0 Å². The smallest absolute Gasteiger partial charge is 0.112 e. The highest BCUT2D eigenvalue weighted by atomic mass is 15.1. The molecule has 0 saturated carbocycles. The Bertz CT molecular complexity index is 352. The van der Waals surface area contributed by atoms with E-state index in [0.717, 1.165) is 12.1 Å². The first-order valence-corrected chi connectivity index (χ1v) is 5.95. The van der Waals surface area contributed by atoms with Crippen LogP contribution in [0.5, 0.6) is 0 Å². The maximum atomic E-state index is 5.76. The molecule has 0 radical (unpaired) electrons. The molecule has 3 heteroatoms. The van der Waals surface area contributed by atoms with Gasteiger partial charge in [0.2, 0.25) is 0 Å². The molecule has 0 aliphatic carbocycles. The highest BCUT2D eigenvalue weighted by Gasteiger charge is 2.24. The summed E-state index contributed by atoms with van der Waals surface area (Å²) in [7, 11) is 0. The highest BCUT2D eigenvalue weighted by Crippen LogP contribution is 2.31. The fraction of sp³-hybridized carbons (Fsp3) is 0.750. The summed E-state index contributed by atoms with van der Waals surface area (Å²) in [4.78, 5) is 4.70. The Balaban J connectivity index is 2.53. The lowest BCUT2D eigenvalue weighted by Crippen LogP contribution is -2.18. The molecular weight excluding hydrogens is 186 g/mol. The monoisotopic (exact) mass is 207 g/mol. The van der Waals surface area contributed by atoms with Gasteiger partial charge in [-0.1, -0.05) is 13.8 Å². The molecule has 1 unspecified atom stereocenters. The van der Waals surface area contributed by atoms with Crippen molar-refractivity contribution in [2.75, 3.05) is 0 Å². The molecule has 1 aromatic heterocycles. The summed E-state index contributed by atoms with van der Waals surface area (Å²) in [5, 5.41) is 0. The van der Waals surface area contributed by atoms with Gasteiger partial charge in [-0.25, -0.2) is 4.98 Å². The van der Waals surface area contributed by atoms with Crippen molar-refractivity contribution in [1.29, 1.82) is 0 Å². The van der Waals surface area contributed by atoms with Crippen LogP contribution >= 0.6 is 0 Å². The van der Waals surface area contributed by atoms with Gasteiger partial charge in [0, 0.05) is 24.2 Å². The SMILES string of the molecule is CC(C)c1nc(CN)c2n1C(C)CCC2. The van der Waals surface area contributed by atoms with Gasteiger partial charge in [0.25, 0.3) is 0 Å². The van der Waals surface area contributed by atoms with Gasteiger partial charge in [0.05, 0.1) is 5.69 Å². The molecule has 2 N–H and O–H groups in total. The number of aromatic nitrogens is 2. The Hall–Kier alpha value is -0.830. The molecule has 0 fully saturated rings. The summed E-state index contributed by atoms with van der Waals surface area (Å²) < 4.78 is 2.43. The highest BCUT2D eigenvalue weighted by molar-refractivity contribution is 5.21. The maximum absolute atomic E-state index is 5.76. The van der Waals surface area contributed by atoms with Crippen LogP contribution in [0.25, 0.3) is 0 Å². The fourth-order valence-electron chi connectivity index (χ4n) is 2.56. The van der Waals surface area contributed by atoms with Gasteiger partial charge in [0.15, 0.2) is 0 Å². The van der Waals surface area contributed by atoms with Gasteiger partial charge in [0.1, 0.15) is 5.82 Å². The van der Waals surface area contributed by atoms with E-state index in [1.165, 1.54) is 24.4 Å². The topological polar surface area (TPSA) is 43.8 Å². The average molecular weight is 207 g/mol. The third-order valence-electron chi connectivity index (χ3n) is 3.31. The summed E-state index contributed by atoms with van der Waals surface area (Å²) >= 11 is 0. The molecular formula is C12H21N3. The zero-order valence-electron chi connectivity index (χ0n) is 9.95. The molecule has 2 rings (SSSR count). The molecule has 0 aromatic carbocycles. The van der Waals surface area contributed by atoms with E-state index in [4.69, 9.17) is 10.7 Å². The number of nitrogens with zero attached hydrogens (tertiary/aromatic N) is 2. The minimum Gasteiger partial charge on any atom is -0.329 e. The fourth-order valence-corrected chi connectivity index (χ4v) is 2.56. The molecule has 1 atom stereocenters. The second kappa shape index (κ2) is 3.97. The van der Waals surface area contributed by atoms with Crippen molar-refractivity contribution < 1.29 is 0 Å². The number of hydrogen-bond acceptors (Lipinski definition) is 2. The summed E-state index contributed by atoms with van der Waals surface area (Å²) in [6.07, 6.45) is 3.70. The first kappa shape index (κ1) is 10.7. The van der Waals surface area contributed by atoms with Crippen molar-refractivity contribution in [1.82, 2.24) is 9.55 Å². The lowest BCUT2D eigenvalue weighted by atomic mass is 10.0. The van der Waals surface area contributed by atoms with Crippen LogP contribution in [0.15, 0.2) is 0 Å².